The van der Waals surface area contributed by atoms with Crippen LogP contribution in [0.4, 0.5) is 0 Å². The van der Waals surface area contributed by atoms with E-state index in [9.17, 15) is 5.11 Å². The predicted molar refractivity (Wildman–Crippen MR) is 67.8 cm³/mol. The van der Waals surface area contributed by atoms with Crippen LogP contribution in [0.25, 0.3) is 0 Å². The molecular formula is C11H24N6O. The molecule has 3 aliphatic heterocycles. The van der Waals surface area contributed by atoms with Crippen molar-refractivity contribution in [1.82, 2.24) is 31.3 Å². The van der Waals surface area contributed by atoms with Crippen molar-refractivity contribution in [2.45, 2.75) is 25.0 Å². The fraction of sp³-hybridized carbons (Fsp3) is 1.00. The summed E-state index contributed by atoms with van der Waals surface area (Å²) < 4.78 is 0. The zero-order valence-corrected chi connectivity index (χ0v) is 10.9. The molecule has 104 valence electrons. The zero-order chi connectivity index (χ0) is 12.4. The molecule has 0 aromatic heterocycles. The van der Waals surface area contributed by atoms with Gasteiger partial charge in [0, 0.05) is 39.3 Å². The van der Waals surface area contributed by atoms with Gasteiger partial charge in [0.1, 0.15) is 0 Å². The Hall–Kier alpha value is -0.280. The fourth-order valence-electron chi connectivity index (χ4n) is 3.20. The molecule has 3 heterocycles. The lowest BCUT2D eigenvalue weighted by Crippen LogP contribution is -2.76. The summed E-state index contributed by atoms with van der Waals surface area (Å²) in [5.41, 5.74) is 10.2. The third-order valence-corrected chi connectivity index (χ3v) is 4.09. The molecule has 3 fully saturated rings. The van der Waals surface area contributed by atoms with E-state index < -0.39 is 5.79 Å². The van der Waals surface area contributed by atoms with E-state index in [1.54, 1.807) is 0 Å². The molecule has 3 aliphatic rings. The Kier molecular flexibility index (Phi) is 3.81. The quantitative estimate of drug-likeness (QED) is 0.476. The van der Waals surface area contributed by atoms with Crippen molar-refractivity contribution in [2.24, 2.45) is 0 Å². The second kappa shape index (κ2) is 5.38. The SMILES string of the molecule is OCC(N1CCCN1)(N1CCCN1)N1CCCN1. The van der Waals surface area contributed by atoms with Crippen molar-refractivity contribution in [3.63, 3.8) is 0 Å². The molecule has 0 saturated carbocycles. The first-order chi connectivity index (χ1) is 8.88. The second-order valence-corrected chi connectivity index (χ2v) is 5.17. The predicted octanol–water partition coefficient (Wildman–Crippen LogP) is -1.74. The summed E-state index contributed by atoms with van der Waals surface area (Å²) in [7, 11) is 0. The molecule has 3 saturated heterocycles. The van der Waals surface area contributed by atoms with E-state index in [1.807, 2.05) is 0 Å². The van der Waals surface area contributed by atoms with Gasteiger partial charge in [-0.1, -0.05) is 0 Å². The molecule has 0 aromatic carbocycles. The van der Waals surface area contributed by atoms with Crippen LogP contribution in [0.1, 0.15) is 19.3 Å². The van der Waals surface area contributed by atoms with E-state index in [1.165, 1.54) is 0 Å². The number of nitrogens with zero attached hydrogens (tertiary/aromatic N) is 3. The van der Waals surface area contributed by atoms with Crippen molar-refractivity contribution in [3.05, 3.63) is 0 Å². The summed E-state index contributed by atoms with van der Waals surface area (Å²) in [6.45, 7) is 5.96. The lowest BCUT2D eigenvalue weighted by atomic mass is 10.2. The second-order valence-electron chi connectivity index (χ2n) is 5.17. The van der Waals surface area contributed by atoms with Gasteiger partial charge < -0.3 is 5.11 Å². The lowest BCUT2D eigenvalue weighted by molar-refractivity contribution is -0.219. The third-order valence-electron chi connectivity index (χ3n) is 4.09. The van der Waals surface area contributed by atoms with Crippen molar-refractivity contribution in [1.29, 1.82) is 0 Å². The van der Waals surface area contributed by atoms with Crippen LogP contribution >= 0.6 is 0 Å². The lowest BCUT2D eigenvalue weighted by Gasteiger charge is -2.51. The molecule has 3 rings (SSSR count). The minimum Gasteiger partial charge on any atom is -0.391 e. The van der Waals surface area contributed by atoms with E-state index in [0.717, 1.165) is 58.5 Å². The molecule has 0 atom stereocenters. The fourth-order valence-corrected chi connectivity index (χ4v) is 3.20. The van der Waals surface area contributed by atoms with Crippen LogP contribution in [0, 0.1) is 0 Å². The van der Waals surface area contributed by atoms with Gasteiger partial charge in [-0.2, -0.15) is 0 Å². The number of aliphatic hydroxyl groups is 1. The molecule has 7 heteroatoms. The van der Waals surface area contributed by atoms with Crippen LogP contribution in [-0.2, 0) is 0 Å². The van der Waals surface area contributed by atoms with Gasteiger partial charge in [0.05, 0.1) is 6.61 Å². The maximum absolute atomic E-state index is 10.1. The highest BCUT2D eigenvalue weighted by Crippen LogP contribution is 2.27. The molecule has 0 aromatic rings. The first-order valence-corrected chi connectivity index (χ1v) is 7.02. The van der Waals surface area contributed by atoms with Crippen molar-refractivity contribution in [2.75, 3.05) is 45.9 Å². The van der Waals surface area contributed by atoms with E-state index in [0.29, 0.717) is 0 Å². The van der Waals surface area contributed by atoms with Crippen LogP contribution in [0.5, 0.6) is 0 Å². The highest BCUT2D eigenvalue weighted by Gasteiger charge is 2.50. The summed E-state index contributed by atoms with van der Waals surface area (Å²) in [6.07, 6.45) is 3.39. The Morgan fingerprint density at radius 1 is 0.778 bits per heavy atom. The zero-order valence-electron chi connectivity index (χ0n) is 10.9. The minimum absolute atomic E-state index is 0.0833. The maximum Gasteiger partial charge on any atom is 0.192 e. The molecule has 18 heavy (non-hydrogen) atoms. The van der Waals surface area contributed by atoms with Gasteiger partial charge >= 0.3 is 0 Å². The average molecular weight is 256 g/mol. The topological polar surface area (TPSA) is 66.0 Å². The Balaban J connectivity index is 1.87. The number of hydrogen-bond acceptors (Lipinski definition) is 7. The molecule has 0 spiro atoms. The summed E-state index contributed by atoms with van der Waals surface area (Å²) >= 11 is 0. The van der Waals surface area contributed by atoms with Crippen LogP contribution in [0.3, 0.4) is 0 Å². The Morgan fingerprint density at radius 2 is 1.17 bits per heavy atom. The largest absolute Gasteiger partial charge is 0.391 e. The summed E-state index contributed by atoms with van der Waals surface area (Å²) in [4.78, 5) is 0. The molecule has 0 amide bonds. The number of hydrogen-bond donors (Lipinski definition) is 4. The van der Waals surface area contributed by atoms with Gasteiger partial charge in [-0.25, -0.2) is 15.0 Å². The van der Waals surface area contributed by atoms with Gasteiger partial charge in [0.25, 0.3) is 0 Å². The van der Waals surface area contributed by atoms with Gasteiger partial charge in [0.15, 0.2) is 5.79 Å². The maximum atomic E-state index is 10.1. The average Bonchev–Trinajstić information content (AvgIpc) is 3.16. The first kappa shape index (κ1) is 12.7. The summed E-state index contributed by atoms with van der Waals surface area (Å²) in [6, 6.07) is 0. The van der Waals surface area contributed by atoms with Crippen molar-refractivity contribution < 1.29 is 5.11 Å². The molecule has 0 unspecified atom stereocenters. The van der Waals surface area contributed by atoms with Crippen molar-refractivity contribution >= 4 is 0 Å². The van der Waals surface area contributed by atoms with E-state index in [4.69, 9.17) is 0 Å². The first-order valence-electron chi connectivity index (χ1n) is 7.02. The van der Waals surface area contributed by atoms with Gasteiger partial charge in [-0.15, -0.1) is 0 Å². The Bertz CT molecular complexity index is 230. The number of hydrazine groups is 3. The van der Waals surface area contributed by atoms with Gasteiger partial charge in [-0.3, -0.25) is 16.3 Å². The normalized spacial score (nSPS) is 28.5. The van der Waals surface area contributed by atoms with E-state index in [-0.39, 0.29) is 6.61 Å². The molecule has 0 aliphatic carbocycles. The minimum atomic E-state index is -0.497. The highest BCUT2D eigenvalue weighted by molar-refractivity contribution is 4.91. The standard InChI is InChI=1S/C11H24N6O/c18-10-11(15-7-1-4-12-15,16-8-2-5-13-16)17-9-3-6-14-17/h12-14,18H,1-10H2. The summed E-state index contributed by atoms with van der Waals surface area (Å²) in [5, 5.41) is 16.7. The highest BCUT2D eigenvalue weighted by atomic mass is 16.3. The van der Waals surface area contributed by atoms with E-state index in [2.05, 4.69) is 31.3 Å². The van der Waals surface area contributed by atoms with Gasteiger partial charge in [0.2, 0.25) is 0 Å². The molecular weight excluding hydrogens is 232 g/mol. The van der Waals surface area contributed by atoms with Crippen molar-refractivity contribution in [3.8, 4) is 0 Å². The molecule has 0 radical (unpaired) electrons. The van der Waals surface area contributed by atoms with Crippen LogP contribution in [0.15, 0.2) is 0 Å². The third kappa shape index (κ3) is 1.96. The van der Waals surface area contributed by atoms with Crippen LogP contribution in [0.2, 0.25) is 0 Å². The van der Waals surface area contributed by atoms with E-state index >= 15 is 0 Å². The molecule has 7 nitrogen and oxygen atoms in total. The molecule has 0 bridgehead atoms. The smallest absolute Gasteiger partial charge is 0.192 e. The Morgan fingerprint density at radius 3 is 1.39 bits per heavy atom. The van der Waals surface area contributed by atoms with Crippen LogP contribution in [-0.4, -0.2) is 71.8 Å². The molecule has 4 N–H and O–H groups in total. The number of nitrogens with one attached hydrogen (secondary N) is 3. The number of aliphatic hydroxyl groups excluding tert-OH is 1. The monoisotopic (exact) mass is 256 g/mol. The summed E-state index contributed by atoms with van der Waals surface area (Å²) in [5.74, 6) is -0.497. The van der Waals surface area contributed by atoms with Crippen LogP contribution < -0.4 is 16.3 Å². The van der Waals surface area contributed by atoms with Gasteiger partial charge in [-0.05, 0) is 19.3 Å². The Labute approximate surface area is 108 Å². The number of rotatable bonds is 4.